The van der Waals surface area contributed by atoms with Crippen LogP contribution in [0.25, 0.3) is 0 Å². The summed E-state index contributed by atoms with van der Waals surface area (Å²) in [5, 5.41) is 2.38. The van der Waals surface area contributed by atoms with Gasteiger partial charge in [0.1, 0.15) is 5.75 Å². The zero-order valence-corrected chi connectivity index (χ0v) is 14.3. The van der Waals surface area contributed by atoms with Crippen molar-refractivity contribution in [2.45, 2.75) is 39.5 Å². The van der Waals surface area contributed by atoms with Gasteiger partial charge in [-0.15, -0.1) is 0 Å². The van der Waals surface area contributed by atoms with Gasteiger partial charge in [0.2, 0.25) is 5.91 Å². The van der Waals surface area contributed by atoms with E-state index in [0.717, 1.165) is 18.6 Å². The molecule has 0 saturated heterocycles. The average molecular weight is 337 g/mol. The summed E-state index contributed by atoms with van der Waals surface area (Å²) in [6.45, 7) is 4.18. The van der Waals surface area contributed by atoms with Crippen LogP contribution in [0.5, 0.6) is 5.75 Å². The van der Waals surface area contributed by atoms with Crippen LogP contribution in [0, 0.1) is 0 Å². The van der Waals surface area contributed by atoms with Crippen molar-refractivity contribution >= 4 is 29.1 Å². The molecule has 0 aromatic heterocycles. The number of ether oxygens (including phenoxy) is 1. The summed E-state index contributed by atoms with van der Waals surface area (Å²) >= 11 is 4.82. The van der Waals surface area contributed by atoms with Crippen LogP contribution in [0.3, 0.4) is 0 Å². The van der Waals surface area contributed by atoms with E-state index in [2.05, 4.69) is 23.1 Å². The Morgan fingerprint density at radius 3 is 2.39 bits per heavy atom. The lowest BCUT2D eigenvalue weighted by molar-refractivity contribution is -0.117. The van der Waals surface area contributed by atoms with Crippen LogP contribution in [-0.2, 0) is 4.79 Å². The lowest BCUT2D eigenvalue weighted by Crippen LogP contribution is -2.47. The minimum absolute atomic E-state index is 0.0397. The molecule has 0 bridgehead atoms. The molecule has 0 spiro atoms. The summed E-state index contributed by atoms with van der Waals surface area (Å²) < 4.78 is 5.61. The van der Waals surface area contributed by atoms with E-state index in [1.807, 2.05) is 0 Å². The third-order valence-electron chi connectivity index (χ3n) is 2.96. The molecular weight excluding hydrogens is 314 g/mol. The number of nitrogens with one attached hydrogen (secondary N) is 3. The van der Waals surface area contributed by atoms with E-state index in [9.17, 15) is 9.59 Å². The molecule has 1 aromatic rings. The first-order valence-electron chi connectivity index (χ1n) is 7.63. The Hall–Kier alpha value is -2.15. The quantitative estimate of drug-likeness (QED) is 0.404. The fraction of sp³-hybridized carbons (Fsp3) is 0.438. The predicted octanol–water partition coefficient (Wildman–Crippen LogP) is 2.30. The number of carbonyl (C=O) groups excluding carboxylic acids is 2. The lowest BCUT2D eigenvalue weighted by atomic mass is 10.2. The second-order valence-electron chi connectivity index (χ2n) is 5.02. The predicted molar refractivity (Wildman–Crippen MR) is 93.1 cm³/mol. The minimum Gasteiger partial charge on any atom is -0.494 e. The summed E-state index contributed by atoms with van der Waals surface area (Å²) in [5.41, 5.74) is 5.31. The van der Waals surface area contributed by atoms with Gasteiger partial charge in [0.05, 0.1) is 6.61 Å². The van der Waals surface area contributed by atoms with E-state index in [1.165, 1.54) is 19.8 Å². The Morgan fingerprint density at radius 2 is 1.78 bits per heavy atom. The van der Waals surface area contributed by atoms with Crippen molar-refractivity contribution in [1.29, 1.82) is 0 Å². The second kappa shape index (κ2) is 10.6. The first-order valence-corrected chi connectivity index (χ1v) is 8.04. The zero-order valence-electron chi connectivity index (χ0n) is 13.5. The van der Waals surface area contributed by atoms with Crippen LogP contribution in [0.1, 0.15) is 49.9 Å². The van der Waals surface area contributed by atoms with E-state index < -0.39 is 0 Å². The molecular formula is C16H23N3O3S. The molecule has 0 aliphatic carbocycles. The molecule has 0 unspecified atom stereocenters. The van der Waals surface area contributed by atoms with Crippen LogP contribution < -0.4 is 20.9 Å². The monoisotopic (exact) mass is 337 g/mol. The molecule has 23 heavy (non-hydrogen) atoms. The van der Waals surface area contributed by atoms with E-state index >= 15 is 0 Å². The van der Waals surface area contributed by atoms with Crippen molar-refractivity contribution < 1.29 is 14.3 Å². The third-order valence-corrected chi connectivity index (χ3v) is 3.17. The maximum absolute atomic E-state index is 11.9. The number of rotatable bonds is 7. The first-order chi connectivity index (χ1) is 11.0. The summed E-state index contributed by atoms with van der Waals surface area (Å²) in [4.78, 5) is 22.7. The Balaban J connectivity index is 2.35. The van der Waals surface area contributed by atoms with E-state index in [0.29, 0.717) is 12.2 Å². The van der Waals surface area contributed by atoms with E-state index in [-0.39, 0.29) is 16.9 Å². The highest BCUT2D eigenvalue weighted by Gasteiger charge is 2.06. The first kappa shape index (κ1) is 18.9. The number of thiocarbonyl (C=S) groups is 1. The van der Waals surface area contributed by atoms with Gasteiger partial charge in [-0.3, -0.25) is 20.4 Å². The number of benzene rings is 1. The molecule has 0 atom stereocenters. The molecule has 1 rings (SSSR count). The third kappa shape index (κ3) is 8.15. The highest BCUT2D eigenvalue weighted by Crippen LogP contribution is 2.13. The van der Waals surface area contributed by atoms with Crippen LogP contribution in [-0.4, -0.2) is 23.5 Å². The normalized spacial score (nSPS) is 9.83. The van der Waals surface area contributed by atoms with Gasteiger partial charge in [0.25, 0.3) is 5.91 Å². The molecule has 126 valence electrons. The number of hydrogen-bond acceptors (Lipinski definition) is 4. The molecule has 3 N–H and O–H groups in total. The van der Waals surface area contributed by atoms with Gasteiger partial charge >= 0.3 is 0 Å². The highest BCUT2D eigenvalue weighted by molar-refractivity contribution is 7.80. The SMILES string of the molecule is CCCCCCOc1ccc(C(=O)NNC(=S)NC(C)=O)cc1. The molecule has 2 amide bonds. The van der Waals surface area contributed by atoms with Gasteiger partial charge in [0.15, 0.2) is 5.11 Å². The number of unbranched alkanes of at least 4 members (excludes halogenated alkanes) is 3. The zero-order chi connectivity index (χ0) is 17.1. The summed E-state index contributed by atoms with van der Waals surface area (Å²) in [5.74, 6) is 0.0733. The molecule has 0 heterocycles. The maximum Gasteiger partial charge on any atom is 0.269 e. The standard InChI is InChI=1S/C16H23N3O3S/c1-3-4-5-6-11-22-14-9-7-13(8-10-14)15(21)18-19-16(23)17-12(2)20/h7-10H,3-6,11H2,1-2H3,(H,18,21)(H2,17,19,20,23). The minimum atomic E-state index is -0.354. The molecule has 0 aliphatic heterocycles. The number of amides is 2. The topological polar surface area (TPSA) is 79.5 Å². The van der Waals surface area contributed by atoms with Gasteiger partial charge in [-0.05, 0) is 42.9 Å². The highest BCUT2D eigenvalue weighted by atomic mass is 32.1. The Kier molecular flexibility index (Phi) is 8.67. The summed E-state index contributed by atoms with van der Waals surface area (Å²) in [6.07, 6.45) is 4.61. The van der Waals surface area contributed by atoms with Gasteiger partial charge < -0.3 is 10.1 Å². The number of hydrogen-bond donors (Lipinski definition) is 3. The van der Waals surface area contributed by atoms with E-state index in [4.69, 9.17) is 17.0 Å². The van der Waals surface area contributed by atoms with Gasteiger partial charge in [-0.1, -0.05) is 26.2 Å². The molecule has 0 saturated carbocycles. The maximum atomic E-state index is 11.9. The van der Waals surface area contributed by atoms with Crippen LogP contribution in [0.15, 0.2) is 24.3 Å². The molecule has 0 fully saturated rings. The van der Waals surface area contributed by atoms with Crippen molar-refractivity contribution in [3.8, 4) is 5.75 Å². The Morgan fingerprint density at radius 1 is 1.09 bits per heavy atom. The Bertz CT molecular complexity index is 532. The Labute approximate surface area is 141 Å². The fourth-order valence-corrected chi connectivity index (χ4v) is 1.99. The molecule has 7 heteroatoms. The van der Waals surface area contributed by atoms with Gasteiger partial charge in [-0.2, -0.15) is 0 Å². The molecule has 0 radical (unpaired) electrons. The lowest BCUT2D eigenvalue weighted by Gasteiger charge is -2.10. The van der Waals surface area contributed by atoms with Crippen LogP contribution >= 0.6 is 12.2 Å². The van der Waals surface area contributed by atoms with Gasteiger partial charge in [-0.25, -0.2) is 0 Å². The smallest absolute Gasteiger partial charge is 0.269 e. The van der Waals surface area contributed by atoms with E-state index in [1.54, 1.807) is 24.3 Å². The largest absolute Gasteiger partial charge is 0.494 e. The fourth-order valence-electron chi connectivity index (χ4n) is 1.80. The van der Waals surface area contributed by atoms with Crippen molar-refractivity contribution in [1.82, 2.24) is 16.2 Å². The average Bonchev–Trinajstić information content (AvgIpc) is 2.52. The number of carbonyl (C=O) groups is 2. The van der Waals surface area contributed by atoms with Crippen molar-refractivity contribution in [3.05, 3.63) is 29.8 Å². The molecule has 0 aliphatic rings. The van der Waals surface area contributed by atoms with Crippen LogP contribution in [0.2, 0.25) is 0 Å². The summed E-state index contributed by atoms with van der Waals surface area (Å²) in [7, 11) is 0. The van der Waals surface area contributed by atoms with Gasteiger partial charge in [0, 0.05) is 12.5 Å². The molecule has 1 aromatic carbocycles. The van der Waals surface area contributed by atoms with Crippen molar-refractivity contribution in [2.75, 3.05) is 6.61 Å². The van der Waals surface area contributed by atoms with Crippen LogP contribution in [0.4, 0.5) is 0 Å². The second-order valence-corrected chi connectivity index (χ2v) is 5.43. The van der Waals surface area contributed by atoms with Crippen molar-refractivity contribution in [3.63, 3.8) is 0 Å². The van der Waals surface area contributed by atoms with Crippen molar-refractivity contribution in [2.24, 2.45) is 0 Å². The number of hydrazine groups is 1. The summed E-state index contributed by atoms with van der Waals surface area (Å²) in [6, 6.07) is 6.83. The molecule has 6 nitrogen and oxygen atoms in total.